The molecule has 0 aliphatic rings. The van der Waals surface area contributed by atoms with Crippen LogP contribution in [0.3, 0.4) is 0 Å². The summed E-state index contributed by atoms with van der Waals surface area (Å²) in [7, 11) is 0. The first kappa shape index (κ1) is 15.1. The molecule has 2 rings (SSSR count). The van der Waals surface area contributed by atoms with E-state index < -0.39 is 0 Å². The largest absolute Gasteiger partial charge is 0.494 e. The van der Waals surface area contributed by atoms with E-state index in [0.717, 1.165) is 18.8 Å². The smallest absolute Gasteiger partial charge is 0.123 e. The minimum Gasteiger partial charge on any atom is -0.494 e. The van der Waals surface area contributed by atoms with Crippen LogP contribution in [-0.4, -0.2) is 13.2 Å². The van der Waals surface area contributed by atoms with Crippen molar-refractivity contribution in [1.29, 1.82) is 0 Å². The molecule has 0 amide bonds. The summed E-state index contributed by atoms with van der Waals surface area (Å²) in [5.41, 5.74) is 1.38. The van der Waals surface area contributed by atoms with Gasteiger partial charge in [0.05, 0.1) is 6.61 Å². The van der Waals surface area contributed by atoms with Crippen LogP contribution in [0.4, 0.5) is 0 Å². The van der Waals surface area contributed by atoms with Crippen LogP contribution >= 0.6 is 11.3 Å². The van der Waals surface area contributed by atoms with Crippen LogP contribution in [0.15, 0.2) is 41.8 Å². The average molecular weight is 289 g/mol. The number of nitrogens with one attached hydrogen (secondary N) is 1. The molecule has 0 bridgehead atoms. The van der Waals surface area contributed by atoms with E-state index in [1.165, 1.54) is 10.4 Å². The Bertz CT molecular complexity index is 520. The Balaban J connectivity index is 1.93. The van der Waals surface area contributed by atoms with Gasteiger partial charge >= 0.3 is 0 Å². The highest BCUT2D eigenvalue weighted by Gasteiger charge is 2.21. The monoisotopic (exact) mass is 289 g/mol. The van der Waals surface area contributed by atoms with Gasteiger partial charge in [0.15, 0.2) is 0 Å². The molecule has 0 saturated carbocycles. The fourth-order valence-corrected chi connectivity index (χ4v) is 3.06. The van der Waals surface area contributed by atoms with Gasteiger partial charge in [-0.25, -0.2) is 0 Å². The van der Waals surface area contributed by atoms with Crippen LogP contribution < -0.4 is 10.1 Å². The van der Waals surface area contributed by atoms with Crippen LogP contribution in [0.25, 0.3) is 0 Å². The van der Waals surface area contributed by atoms with Gasteiger partial charge in [0, 0.05) is 28.9 Å². The summed E-state index contributed by atoms with van der Waals surface area (Å²) in [4.78, 5) is 1.42. The van der Waals surface area contributed by atoms with E-state index in [0.29, 0.717) is 6.61 Å². The maximum absolute atomic E-state index is 5.65. The van der Waals surface area contributed by atoms with Gasteiger partial charge in [-0.3, -0.25) is 0 Å². The van der Waals surface area contributed by atoms with Gasteiger partial charge in [0.2, 0.25) is 0 Å². The van der Waals surface area contributed by atoms with E-state index in [9.17, 15) is 0 Å². The van der Waals surface area contributed by atoms with Crippen LogP contribution in [0.5, 0.6) is 5.75 Å². The zero-order valence-corrected chi connectivity index (χ0v) is 13.3. The predicted octanol–water partition coefficient (Wildman–Crippen LogP) is 4.21. The molecule has 0 aliphatic heterocycles. The fourth-order valence-electron chi connectivity index (χ4n) is 2.21. The van der Waals surface area contributed by atoms with Crippen molar-refractivity contribution < 1.29 is 4.74 Å². The topological polar surface area (TPSA) is 21.3 Å². The van der Waals surface area contributed by atoms with Crippen LogP contribution in [0.2, 0.25) is 0 Å². The molecule has 108 valence electrons. The van der Waals surface area contributed by atoms with Crippen molar-refractivity contribution >= 4 is 11.3 Å². The number of para-hydroxylation sites is 1. The Hall–Kier alpha value is -1.32. The molecule has 0 radical (unpaired) electrons. The maximum atomic E-state index is 5.65. The van der Waals surface area contributed by atoms with Crippen LogP contribution in [0, 0.1) is 0 Å². The number of hydrogen-bond acceptors (Lipinski definition) is 3. The summed E-state index contributed by atoms with van der Waals surface area (Å²) in [5.74, 6) is 0.983. The Morgan fingerprint density at radius 2 is 1.95 bits per heavy atom. The van der Waals surface area contributed by atoms with Crippen molar-refractivity contribution in [3.05, 3.63) is 52.2 Å². The molecule has 2 nitrogen and oxygen atoms in total. The van der Waals surface area contributed by atoms with Crippen molar-refractivity contribution in [2.24, 2.45) is 0 Å². The highest BCUT2D eigenvalue weighted by Crippen LogP contribution is 2.27. The summed E-state index contributed by atoms with van der Waals surface area (Å²) in [6, 6.07) is 12.6. The standard InChI is InChI=1S/C17H23NOS/c1-4-19-15-9-6-5-8-14(15)12-18-13-17(2,3)16-10-7-11-20-16/h5-11,18H,4,12-13H2,1-3H3. The average Bonchev–Trinajstić information content (AvgIpc) is 2.96. The second-order valence-corrected chi connectivity index (χ2v) is 6.45. The van der Waals surface area contributed by atoms with E-state index >= 15 is 0 Å². The van der Waals surface area contributed by atoms with Gasteiger partial charge in [-0.1, -0.05) is 38.1 Å². The van der Waals surface area contributed by atoms with Gasteiger partial charge in [0.1, 0.15) is 5.75 Å². The number of thiophene rings is 1. The summed E-state index contributed by atoms with van der Waals surface area (Å²) in [6.07, 6.45) is 0. The first-order valence-corrected chi connectivity index (χ1v) is 7.97. The van der Waals surface area contributed by atoms with Gasteiger partial charge in [-0.2, -0.15) is 0 Å². The third kappa shape index (κ3) is 3.84. The second-order valence-electron chi connectivity index (χ2n) is 5.51. The SMILES string of the molecule is CCOc1ccccc1CNCC(C)(C)c1cccs1. The molecule has 0 aliphatic carbocycles. The van der Waals surface area contributed by atoms with Crippen molar-refractivity contribution in [1.82, 2.24) is 5.32 Å². The molecule has 1 aromatic heterocycles. The molecule has 1 heterocycles. The molecular formula is C17H23NOS. The highest BCUT2D eigenvalue weighted by atomic mass is 32.1. The Kier molecular flexibility index (Phi) is 5.21. The normalized spacial score (nSPS) is 11.6. The Labute approximate surface area is 125 Å². The summed E-state index contributed by atoms with van der Waals surface area (Å²) in [6.45, 7) is 9.07. The molecule has 2 aromatic rings. The predicted molar refractivity (Wildman–Crippen MR) is 86.7 cm³/mol. The van der Waals surface area contributed by atoms with E-state index in [2.05, 4.69) is 48.8 Å². The lowest BCUT2D eigenvalue weighted by Crippen LogP contribution is -2.32. The first-order valence-electron chi connectivity index (χ1n) is 7.09. The molecule has 1 aromatic carbocycles. The molecule has 0 saturated heterocycles. The fraction of sp³-hybridized carbons (Fsp3) is 0.412. The van der Waals surface area contributed by atoms with Crippen LogP contribution in [0.1, 0.15) is 31.2 Å². The number of rotatable bonds is 7. The van der Waals surface area contributed by atoms with Crippen molar-refractivity contribution in [2.45, 2.75) is 32.7 Å². The Morgan fingerprint density at radius 1 is 1.15 bits per heavy atom. The lowest BCUT2D eigenvalue weighted by molar-refractivity contribution is 0.334. The highest BCUT2D eigenvalue weighted by molar-refractivity contribution is 7.10. The number of benzene rings is 1. The summed E-state index contributed by atoms with van der Waals surface area (Å²) >= 11 is 1.82. The zero-order chi connectivity index (χ0) is 14.4. The van der Waals surface area contributed by atoms with E-state index in [1.807, 2.05) is 30.4 Å². The van der Waals surface area contributed by atoms with Crippen molar-refractivity contribution in [2.75, 3.05) is 13.2 Å². The van der Waals surface area contributed by atoms with E-state index in [1.54, 1.807) is 0 Å². The molecule has 0 spiro atoms. The lowest BCUT2D eigenvalue weighted by Gasteiger charge is -2.24. The molecule has 20 heavy (non-hydrogen) atoms. The van der Waals surface area contributed by atoms with Gasteiger partial charge in [-0.15, -0.1) is 11.3 Å². The summed E-state index contributed by atoms with van der Waals surface area (Å²) in [5, 5.41) is 5.70. The minimum atomic E-state index is 0.161. The quantitative estimate of drug-likeness (QED) is 0.824. The Morgan fingerprint density at radius 3 is 2.65 bits per heavy atom. The number of hydrogen-bond donors (Lipinski definition) is 1. The van der Waals surface area contributed by atoms with Crippen molar-refractivity contribution in [3.63, 3.8) is 0 Å². The van der Waals surface area contributed by atoms with Crippen LogP contribution in [-0.2, 0) is 12.0 Å². The van der Waals surface area contributed by atoms with Gasteiger partial charge in [-0.05, 0) is 24.4 Å². The van der Waals surface area contributed by atoms with E-state index in [-0.39, 0.29) is 5.41 Å². The zero-order valence-electron chi connectivity index (χ0n) is 12.5. The second kappa shape index (κ2) is 6.91. The molecule has 3 heteroatoms. The molecule has 1 N–H and O–H groups in total. The molecule has 0 fully saturated rings. The van der Waals surface area contributed by atoms with Crippen molar-refractivity contribution in [3.8, 4) is 5.75 Å². The minimum absolute atomic E-state index is 0.161. The number of ether oxygens (including phenoxy) is 1. The lowest BCUT2D eigenvalue weighted by atomic mass is 9.91. The van der Waals surface area contributed by atoms with E-state index in [4.69, 9.17) is 4.74 Å². The molecular weight excluding hydrogens is 266 g/mol. The van der Waals surface area contributed by atoms with Gasteiger partial charge in [0.25, 0.3) is 0 Å². The first-order chi connectivity index (χ1) is 9.63. The third-order valence-electron chi connectivity index (χ3n) is 3.34. The molecule has 0 unspecified atom stereocenters. The summed E-state index contributed by atoms with van der Waals surface area (Å²) < 4.78 is 5.65. The third-order valence-corrected chi connectivity index (χ3v) is 4.58. The van der Waals surface area contributed by atoms with Gasteiger partial charge < -0.3 is 10.1 Å². The molecule has 0 atom stereocenters. The maximum Gasteiger partial charge on any atom is 0.123 e.